The van der Waals surface area contributed by atoms with E-state index in [-0.39, 0.29) is 16.8 Å². The van der Waals surface area contributed by atoms with Crippen molar-refractivity contribution in [1.82, 2.24) is 0 Å². The van der Waals surface area contributed by atoms with Gasteiger partial charge in [0.2, 0.25) is 15.9 Å². The van der Waals surface area contributed by atoms with E-state index in [1.165, 1.54) is 19.2 Å². The van der Waals surface area contributed by atoms with Crippen LogP contribution in [0.4, 0.5) is 11.4 Å². The average Bonchev–Trinajstić information content (AvgIpc) is 2.58. The number of sulfonamides is 1. The zero-order valence-corrected chi connectivity index (χ0v) is 17.7. The Balaban J connectivity index is 2.19. The van der Waals surface area contributed by atoms with Gasteiger partial charge < -0.3 is 14.8 Å². The quantitative estimate of drug-likeness (QED) is 0.697. The van der Waals surface area contributed by atoms with Gasteiger partial charge in [-0.1, -0.05) is 17.7 Å². The zero-order chi connectivity index (χ0) is 20.9. The number of methoxy groups -OCH3 is 1. The molecule has 1 amide bonds. The molecule has 0 aliphatic heterocycles. The molecule has 0 radical (unpaired) electrons. The fraction of sp³-hybridized carbons (Fsp3) is 0.316. The van der Waals surface area contributed by atoms with E-state index in [2.05, 4.69) is 5.32 Å². The Bertz CT molecular complexity index is 947. The molecule has 0 saturated carbocycles. The molecule has 0 aliphatic rings. The van der Waals surface area contributed by atoms with Crippen LogP contribution in [0.2, 0.25) is 5.02 Å². The Morgan fingerprint density at radius 1 is 1.21 bits per heavy atom. The van der Waals surface area contributed by atoms with Crippen LogP contribution in [0.15, 0.2) is 42.5 Å². The Kier molecular flexibility index (Phi) is 7.15. The van der Waals surface area contributed by atoms with Crippen molar-refractivity contribution in [2.45, 2.75) is 20.0 Å². The summed E-state index contributed by atoms with van der Waals surface area (Å²) in [7, 11) is -2.26. The van der Waals surface area contributed by atoms with E-state index in [0.717, 1.165) is 10.6 Å². The number of ether oxygens (including phenoxy) is 2. The summed E-state index contributed by atoms with van der Waals surface area (Å²) in [5.74, 6) is 0.513. The summed E-state index contributed by atoms with van der Waals surface area (Å²) >= 11 is 6.09. The van der Waals surface area contributed by atoms with Crippen LogP contribution in [0.1, 0.15) is 13.8 Å². The minimum Gasteiger partial charge on any atom is -0.495 e. The lowest BCUT2D eigenvalue weighted by Gasteiger charge is -2.22. The van der Waals surface area contributed by atoms with Gasteiger partial charge in [0, 0.05) is 11.8 Å². The number of carbonyl (C=O) groups is 1. The minimum atomic E-state index is -3.72. The second kappa shape index (κ2) is 9.16. The topological polar surface area (TPSA) is 84.9 Å². The van der Waals surface area contributed by atoms with Crippen LogP contribution < -0.4 is 19.1 Å². The van der Waals surface area contributed by atoms with Crippen LogP contribution in [0, 0.1) is 0 Å². The molecule has 0 fully saturated rings. The maximum absolute atomic E-state index is 12.5. The molecule has 0 aromatic heterocycles. The molecule has 1 N–H and O–H groups in total. The Morgan fingerprint density at radius 3 is 2.50 bits per heavy atom. The van der Waals surface area contributed by atoms with Crippen molar-refractivity contribution in [2.75, 3.05) is 29.5 Å². The molecule has 2 aromatic rings. The molecule has 0 saturated heterocycles. The van der Waals surface area contributed by atoms with Gasteiger partial charge in [0.1, 0.15) is 18.0 Å². The lowest BCUT2D eigenvalue weighted by molar-refractivity contribution is -0.114. The highest BCUT2D eigenvalue weighted by Gasteiger charge is 2.22. The number of nitrogens with one attached hydrogen (secondary N) is 1. The second-order valence-corrected chi connectivity index (χ2v) is 8.65. The number of rotatable bonds is 8. The van der Waals surface area contributed by atoms with Crippen molar-refractivity contribution in [3.63, 3.8) is 0 Å². The predicted molar refractivity (Wildman–Crippen MR) is 111 cm³/mol. The van der Waals surface area contributed by atoms with Crippen LogP contribution in [0.25, 0.3) is 0 Å². The fourth-order valence-corrected chi connectivity index (χ4v) is 3.56. The van der Waals surface area contributed by atoms with Crippen molar-refractivity contribution < 1.29 is 22.7 Å². The highest BCUT2D eigenvalue weighted by Crippen LogP contribution is 2.30. The van der Waals surface area contributed by atoms with Gasteiger partial charge in [0.15, 0.2) is 0 Å². The third-order valence-corrected chi connectivity index (χ3v) is 5.04. The van der Waals surface area contributed by atoms with Gasteiger partial charge in [0.25, 0.3) is 0 Å². The van der Waals surface area contributed by atoms with E-state index in [4.69, 9.17) is 21.1 Å². The fourth-order valence-electron chi connectivity index (χ4n) is 2.46. The van der Waals surface area contributed by atoms with Gasteiger partial charge in [-0.15, -0.1) is 0 Å². The number of carbonyl (C=O) groups excluding carboxylic acids is 1. The van der Waals surface area contributed by atoms with Gasteiger partial charge in [-0.05, 0) is 44.2 Å². The summed E-state index contributed by atoms with van der Waals surface area (Å²) in [5.41, 5.74) is 0.768. The SMILES string of the molecule is COc1ccc(N(CC(=O)Nc2cccc(OC(C)C)c2)S(C)(=O)=O)cc1Cl. The normalized spacial score (nSPS) is 11.2. The standard InChI is InChI=1S/C19H23ClN2O5S/c1-13(2)27-16-7-5-6-14(10-16)21-19(23)12-22(28(4,24)25)15-8-9-18(26-3)17(20)11-15/h5-11,13H,12H2,1-4H3,(H,21,23). The van der Waals surface area contributed by atoms with Crippen LogP contribution >= 0.6 is 11.6 Å². The van der Waals surface area contributed by atoms with E-state index < -0.39 is 22.5 Å². The first-order valence-corrected chi connectivity index (χ1v) is 10.7. The smallest absolute Gasteiger partial charge is 0.245 e. The first-order valence-electron chi connectivity index (χ1n) is 8.48. The van der Waals surface area contributed by atoms with Gasteiger partial charge >= 0.3 is 0 Å². The molecule has 2 aromatic carbocycles. The van der Waals surface area contributed by atoms with E-state index >= 15 is 0 Å². The number of anilines is 2. The van der Waals surface area contributed by atoms with Crippen LogP contribution in [0.5, 0.6) is 11.5 Å². The van der Waals surface area contributed by atoms with E-state index in [1.54, 1.807) is 30.3 Å². The molecule has 152 valence electrons. The Hall–Kier alpha value is -2.45. The number of nitrogens with zero attached hydrogens (tertiary/aromatic N) is 1. The monoisotopic (exact) mass is 426 g/mol. The summed E-state index contributed by atoms with van der Waals surface area (Å²) in [6.45, 7) is 3.39. The second-order valence-electron chi connectivity index (χ2n) is 6.33. The number of benzene rings is 2. The van der Waals surface area contributed by atoms with Crippen molar-refractivity contribution in [3.05, 3.63) is 47.5 Å². The lowest BCUT2D eigenvalue weighted by Crippen LogP contribution is -2.37. The van der Waals surface area contributed by atoms with E-state index in [1.807, 2.05) is 13.8 Å². The molecule has 28 heavy (non-hydrogen) atoms. The predicted octanol–water partition coefficient (Wildman–Crippen LogP) is 3.54. The minimum absolute atomic E-state index is 0.00787. The summed E-state index contributed by atoms with van der Waals surface area (Å²) in [5, 5.41) is 2.93. The number of hydrogen-bond acceptors (Lipinski definition) is 5. The molecular formula is C19H23ClN2O5S. The first kappa shape index (κ1) is 21.8. The summed E-state index contributed by atoms with van der Waals surface area (Å²) in [4.78, 5) is 12.5. The molecule has 0 heterocycles. The highest BCUT2D eigenvalue weighted by molar-refractivity contribution is 7.92. The van der Waals surface area contributed by atoms with Crippen LogP contribution in [-0.4, -0.2) is 40.3 Å². The summed E-state index contributed by atoms with van der Waals surface area (Å²) in [6.07, 6.45) is 1.02. The van der Waals surface area contributed by atoms with Gasteiger partial charge in [-0.2, -0.15) is 0 Å². The molecule has 0 spiro atoms. The van der Waals surface area contributed by atoms with Gasteiger partial charge in [0.05, 0.1) is 30.2 Å². The Labute approximate surface area is 170 Å². The molecule has 0 atom stereocenters. The third kappa shape index (κ3) is 6.03. The average molecular weight is 427 g/mol. The molecule has 0 unspecified atom stereocenters. The van der Waals surface area contributed by atoms with Crippen molar-refractivity contribution >= 4 is 38.9 Å². The molecule has 0 aliphatic carbocycles. The summed E-state index contributed by atoms with van der Waals surface area (Å²) in [6, 6.07) is 11.4. The molecular weight excluding hydrogens is 404 g/mol. The molecule has 2 rings (SSSR count). The molecule has 9 heteroatoms. The number of amides is 1. The van der Waals surface area contributed by atoms with Crippen LogP contribution in [0.3, 0.4) is 0 Å². The molecule has 7 nitrogen and oxygen atoms in total. The lowest BCUT2D eigenvalue weighted by atomic mass is 10.3. The zero-order valence-electron chi connectivity index (χ0n) is 16.1. The van der Waals surface area contributed by atoms with Gasteiger partial charge in [-0.3, -0.25) is 9.10 Å². The van der Waals surface area contributed by atoms with Crippen molar-refractivity contribution in [3.8, 4) is 11.5 Å². The van der Waals surface area contributed by atoms with Crippen LogP contribution in [-0.2, 0) is 14.8 Å². The number of hydrogen-bond donors (Lipinski definition) is 1. The number of halogens is 1. The highest BCUT2D eigenvalue weighted by atomic mass is 35.5. The molecule has 0 bridgehead atoms. The Morgan fingerprint density at radius 2 is 1.93 bits per heavy atom. The van der Waals surface area contributed by atoms with Gasteiger partial charge in [-0.25, -0.2) is 8.42 Å². The van der Waals surface area contributed by atoms with E-state index in [9.17, 15) is 13.2 Å². The van der Waals surface area contributed by atoms with Crippen molar-refractivity contribution in [2.24, 2.45) is 0 Å². The van der Waals surface area contributed by atoms with Crippen molar-refractivity contribution in [1.29, 1.82) is 0 Å². The maximum atomic E-state index is 12.5. The third-order valence-electron chi connectivity index (χ3n) is 3.60. The first-order chi connectivity index (χ1) is 13.1. The maximum Gasteiger partial charge on any atom is 0.245 e. The largest absolute Gasteiger partial charge is 0.495 e. The summed E-state index contributed by atoms with van der Waals surface area (Å²) < 4.78 is 36.1. The van der Waals surface area contributed by atoms with E-state index in [0.29, 0.717) is 17.2 Å².